The van der Waals surface area contributed by atoms with Crippen molar-refractivity contribution >= 4 is 17.5 Å². The Kier molecular flexibility index (Phi) is 6.06. The molecule has 3 aromatic rings. The van der Waals surface area contributed by atoms with Crippen molar-refractivity contribution in [3.63, 3.8) is 0 Å². The van der Waals surface area contributed by atoms with Gasteiger partial charge in [0.2, 0.25) is 0 Å². The van der Waals surface area contributed by atoms with Gasteiger partial charge >= 0.3 is 12.0 Å². The van der Waals surface area contributed by atoms with Gasteiger partial charge in [-0.25, -0.2) is 22.9 Å². The van der Waals surface area contributed by atoms with E-state index < -0.39 is 29.2 Å². The molecule has 2 aromatic carbocycles. The van der Waals surface area contributed by atoms with Crippen LogP contribution in [0.4, 0.5) is 29.5 Å². The molecule has 0 atom stereocenters. The molecule has 0 unspecified atom stereocenters. The zero-order valence-corrected chi connectivity index (χ0v) is 19.3. The molecule has 3 heterocycles. The highest BCUT2D eigenvalue weighted by Gasteiger charge is 2.35. The van der Waals surface area contributed by atoms with E-state index in [1.807, 2.05) is 7.05 Å². The summed E-state index contributed by atoms with van der Waals surface area (Å²) in [4.78, 5) is 25.0. The number of fused-ring (bicyclic) bond motifs is 1. The largest absolute Gasteiger partial charge is 0.460 e. The zero-order chi connectivity index (χ0) is 24.7. The van der Waals surface area contributed by atoms with Gasteiger partial charge in [-0.15, -0.1) is 0 Å². The predicted molar refractivity (Wildman–Crippen MR) is 124 cm³/mol. The SMILES string of the molecule is Cc1cc(F)ccc1-c1nc(OC2CCN(C)CC2)nc2c1CNC(=O)N2c1c(F)cccc1F. The molecule has 1 N–H and O–H groups in total. The van der Waals surface area contributed by atoms with Crippen molar-refractivity contribution in [1.29, 1.82) is 0 Å². The quantitative estimate of drug-likeness (QED) is 0.583. The lowest BCUT2D eigenvalue weighted by Gasteiger charge is -2.32. The van der Waals surface area contributed by atoms with E-state index in [4.69, 9.17) is 4.74 Å². The summed E-state index contributed by atoms with van der Waals surface area (Å²) in [6.07, 6.45) is 1.37. The lowest BCUT2D eigenvalue weighted by atomic mass is 10.00. The molecule has 0 aliphatic carbocycles. The number of ether oxygens (including phenoxy) is 1. The highest BCUT2D eigenvalue weighted by Crippen LogP contribution is 2.39. The van der Waals surface area contributed by atoms with Crippen LogP contribution in [0.1, 0.15) is 24.0 Å². The van der Waals surface area contributed by atoms with Gasteiger partial charge in [0.25, 0.3) is 0 Å². The molecule has 1 aromatic heterocycles. The first-order valence-corrected chi connectivity index (χ1v) is 11.4. The lowest BCUT2D eigenvalue weighted by molar-refractivity contribution is 0.105. The summed E-state index contributed by atoms with van der Waals surface area (Å²) in [5.74, 6) is -2.21. The average Bonchev–Trinajstić information content (AvgIpc) is 2.81. The molecule has 2 amide bonds. The van der Waals surface area contributed by atoms with Crippen LogP contribution in [0.5, 0.6) is 6.01 Å². The Morgan fingerprint density at radius 2 is 1.77 bits per heavy atom. The van der Waals surface area contributed by atoms with Crippen molar-refractivity contribution in [2.45, 2.75) is 32.4 Å². The van der Waals surface area contributed by atoms with E-state index in [9.17, 15) is 18.0 Å². The number of hydrogen-bond acceptors (Lipinski definition) is 5. The van der Waals surface area contributed by atoms with Gasteiger partial charge in [0, 0.05) is 24.2 Å². The third-order valence-electron chi connectivity index (χ3n) is 6.34. The van der Waals surface area contributed by atoms with Crippen molar-refractivity contribution in [3.8, 4) is 17.3 Å². The molecule has 0 spiro atoms. The van der Waals surface area contributed by atoms with E-state index in [-0.39, 0.29) is 24.5 Å². The van der Waals surface area contributed by atoms with Crippen LogP contribution in [0.25, 0.3) is 11.3 Å². The fourth-order valence-electron chi connectivity index (χ4n) is 4.47. The fraction of sp³-hybridized carbons (Fsp3) is 0.320. The topological polar surface area (TPSA) is 70.6 Å². The van der Waals surface area contributed by atoms with Gasteiger partial charge in [-0.1, -0.05) is 6.07 Å². The standard InChI is InChI=1S/C25H24F3N5O2/c1-14-12-15(26)6-7-17(14)21-18-13-29-25(34)33(22-19(27)4-3-5-20(22)28)23(18)31-24(30-21)35-16-8-10-32(2)11-9-16/h3-7,12,16H,8-11,13H2,1-2H3,(H,29,34). The number of carbonyl (C=O) groups is 1. The Bertz CT molecular complexity index is 1270. The maximum atomic E-state index is 14.8. The van der Waals surface area contributed by atoms with E-state index in [2.05, 4.69) is 20.2 Å². The van der Waals surface area contributed by atoms with Gasteiger partial charge in [-0.2, -0.15) is 9.97 Å². The number of anilines is 2. The number of carbonyl (C=O) groups excluding carboxylic acids is 1. The molecular weight excluding hydrogens is 459 g/mol. The number of halogens is 3. The normalized spacial score (nSPS) is 16.7. The van der Waals surface area contributed by atoms with Gasteiger partial charge in [0.05, 0.1) is 12.2 Å². The summed E-state index contributed by atoms with van der Waals surface area (Å²) in [6.45, 7) is 3.45. The van der Waals surface area contributed by atoms with E-state index in [1.54, 1.807) is 13.0 Å². The predicted octanol–water partition coefficient (Wildman–Crippen LogP) is 4.70. The molecule has 0 saturated carbocycles. The van der Waals surface area contributed by atoms with Crippen LogP contribution in [-0.2, 0) is 6.54 Å². The Morgan fingerprint density at radius 3 is 2.46 bits per heavy atom. The van der Waals surface area contributed by atoms with Gasteiger partial charge in [0.15, 0.2) is 5.82 Å². The zero-order valence-electron chi connectivity index (χ0n) is 19.3. The number of urea groups is 1. The summed E-state index contributed by atoms with van der Waals surface area (Å²) in [5.41, 5.74) is 1.51. The van der Waals surface area contributed by atoms with Crippen LogP contribution in [0.2, 0.25) is 0 Å². The summed E-state index contributed by atoms with van der Waals surface area (Å²) in [5, 5.41) is 2.64. The average molecular weight is 483 g/mol. The van der Waals surface area contributed by atoms with Gasteiger partial charge in [-0.05, 0) is 62.7 Å². The van der Waals surface area contributed by atoms with Crippen LogP contribution in [-0.4, -0.2) is 47.1 Å². The smallest absolute Gasteiger partial charge is 0.328 e. The van der Waals surface area contributed by atoms with Crippen LogP contribution in [0.15, 0.2) is 36.4 Å². The van der Waals surface area contributed by atoms with Gasteiger partial charge in [-0.3, -0.25) is 0 Å². The maximum Gasteiger partial charge on any atom is 0.328 e. The first-order valence-electron chi connectivity index (χ1n) is 11.4. The number of piperidine rings is 1. The number of rotatable bonds is 4. The van der Waals surface area contributed by atoms with E-state index in [1.165, 1.54) is 18.2 Å². The van der Waals surface area contributed by atoms with Crippen LogP contribution >= 0.6 is 0 Å². The second-order valence-electron chi connectivity index (χ2n) is 8.80. The molecule has 2 aliphatic heterocycles. The first kappa shape index (κ1) is 23.1. The van der Waals surface area contributed by atoms with Crippen molar-refractivity contribution in [1.82, 2.24) is 20.2 Å². The van der Waals surface area contributed by atoms with Crippen LogP contribution in [0.3, 0.4) is 0 Å². The number of nitrogens with zero attached hydrogens (tertiary/aromatic N) is 4. The molecule has 0 radical (unpaired) electrons. The molecule has 1 saturated heterocycles. The maximum absolute atomic E-state index is 14.8. The van der Waals surface area contributed by atoms with E-state index in [0.29, 0.717) is 22.4 Å². The van der Waals surface area contributed by atoms with E-state index >= 15 is 0 Å². The molecule has 0 bridgehead atoms. The Balaban J connectivity index is 1.68. The Labute approximate surface area is 200 Å². The second kappa shape index (κ2) is 9.18. The minimum Gasteiger partial charge on any atom is -0.460 e. The fourth-order valence-corrected chi connectivity index (χ4v) is 4.47. The number of likely N-dealkylation sites (tertiary alicyclic amines) is 1. The summed E-state index contributed by atoms with van der Waals surface area (Å²) >= 11 is 0. The number of hydrogen-bond donors (Lipinski definition) is 1. The number of aromatic nitrogens is 2. The number of aryl methyl sites for hydroxylation is 1. The highest BCUT2D eigenvalue weighted by molar-refractivity contribution is 6.02. The molecule has 10 heteroatoms. The number of amides is 2. The van der Waals surface area contributed by atoms with Crippen molar-refractivity contribution in [2.75, 3.05) is 25.0 Å². The number of benzene rings is 2. The van der Waals surface area contributed by atoms with Crippen molar-refractivity contribution in [3.05, 3.63) is 65.0 Å². The first-order chi connectivity index (χ1) is 16.8. The molecule has 1 fully saturated rings. The molecule has 2 aliphatic rings. The lowest BCUT2D eigenvalue weighted by Crippen LogP contribution is -2.43. The summed E-state index contributed by atoms with van der Waals surface area (Å²) < 4.78 is 49.5. The second-order valence-corrected chi connectivity index (χ2v) is 8.80. The third-order valence-corrected chi connectivity index (χ3v) is 6.34. The van der Waals surface area contributed by atoms with Crippen LogP contribution in [0, 0.1) is 24.4 Å². The number of para-hydroxylation sites is 1. The van der Waals surface area contributed by atoms with Gasteiger partial charge < -0.3 is 15.0 Å². The summed E-state index contributed by atoms with van der Waals surface area (Å²) in [6, 6.07) is 6.89. The van der Waals surface area contributed by atoms with Gasteiger partial charge in [0.1, 0.15) is 29.2 Å². The number of nitrogens with one attached hydrogen (secondary N) is 1. The molecular formula is C25H24F3N5O2. The van der Waals surface area contributed by atoms with E-state index in [0.717, 1.165) is 43.0 Å². The third kappa shape index (κ3) is 4.41. The monoisotopic (exact) mass is 483 g/mol. The minimum absolute atomic E-state index is 0.00604. The molecule has 7 nitrogen and oxygen atoms in total. The molecule has 182 valence electrons. The summed E-state index contributed by atoms with van der Waals surface area (Å²) in [7, 11) is 2.03. The molecule has 5 rings (SSSR count). The Morgan fingerprint density at radius 1 is 1.06 bits per heavy atom. The minimum atomic E-state index is -0.913. The highest BCUT2D eigenvalue weighted by atomic mass is 19.1. The van der Waals surface area contributed by atoms with Crippen LogP contribution < -0.4 is 15.0 Å². The molecule has 35 heavy (non-hydrogen) atoms. The van der Waals surface area contributed by atoms with Crippen molar-refractivity contribution in [2.24, 2.45) is 0 Å². The van der Waals surface area contributed by atoms with Crippen molar-refractivity contribution < 1.29 is 22.7 Å². The Hall–Kier alpha value is -3.66.